The first-order chi connectivity index (χ1) is 15.6. The molecule has 0 spiro atoms. The van der Waals surface area contributed by atoms with Crippen LogP contribution in [0.1, 0.15) is 39.8 Å². The van der Waals surface area contributed by atoms with Gasteiger partial charge in [-0.15, -0.1) is 10.2 Å². The monoisotopic (exact) mass is 449 g/mol. The van der Waals surface area contributed by atoms with Crippen LogP contribution in [0.25, 0.3) is 11.0 Å². The minimum Gasteiger partial charge on any atom is -0.451 e. The molecule has 9 heteroatoms. The number of aromatic nitrogens is 3. The number of ether oxygens (including phenoxy) is 1. The molecule has 1 fully saturated rings. The van der Waals surface area contributed by atoms with E-state index in [0.29, 0.717) is 36.4 Å². The molecule has 1 aliphatic heterocycles. The summed E-state index contributed by atoms with van der Waals surface area (Å²) >= 11 is 1.51. The summed E-state index contributed by atoms with van der Waals surface area (Å²) in [4.78, 5) is 19.7. The first-order valence-corrected chi connectivity index (χ1v) is 11.4. The third kappa shape index (κ3) is 3.96. The van der Waals surface area contributed by atoms with E-state index in [0.717, 1.165) is 33.7 Å². The first-order valence-electron chi connectivity index (χ1n) is 10.6. The van der Waals surface area contributed by atoms with E-state index in [9.17, 15) is 4.79 Å². The van der Waals surface area contributed by atoms with Crippen LogP contribution in [0.15, 0.2) is 46.9 Å². The van der Waals surface area contributed by atoms with Crippen LogP contribution in [0.2, 0.25) is 0 Å². The summed E-state index contributed by atoms with van der Waals surface area (Å²) in [6.07, 6.45) is 0.525. The van der Waals surface area contributed by atoms with E-state index in [1.165, 1.54) is 11.3 Å². The van der Waals surface area contributed by atoms with Gasteiger partial charge < -0.3 is 19.4 Å². The maximum absolute atomic E-state index is 13.2. The van der Waals surface area contributed by atoms with E-state index in [1.807, 2.05) is 56.3 Å². The largest absolute Gasteiger partial charge is 0.451 e. The molecule has 3 aromatic heterocycles. The van der Waals surface area contributed by atoms with E-state index in [1.54, 1.807) is 4.90 Å². The summed E-state index contributed by atoms with van der Waals surface area (Å²) in [6.45, 7) is 5.32. The van der Waals surface area contributed by atoms with E-state index >= 15 is 0 Å². The van der Waals surface area contributed by atoms with Crippen LogP contribution in [-0.4, -0.2) is 45.7 Å². The Bertz CT molecular complexity index is 1270. The number of morpholine rings is 1. The lowest BCUT2D eigenvalue weighted by Crippen LogP contribution is -2.42. The summed E-state index contributed by atoms with van der Waals surface area (Å²) in [5, 5.41) is 14.1. The van der Waals surface area contributed by atoms with Gasteiger partial charge in [-0.05, 0) is 31.5 Å². The van der Waals surface area contributed by atoms with Gasteiger partial charge in [-0.2, -0.15) is 0 Å². The molecule has 0 aliphatic carbocycles. The fourth-order valence-electron chi connectivity index (χ4n) is 3.79. The highest BCUT2D eigenvalue weighted by molar-refractivity contribution is 7.15. The molecule has 5 rings (SSSR count). The smallest absolute Gasteiger partial charge is 0.290 e. The Balaban J connectivity index is 1.33. The molecule has 4 heterocycles. The van der Waals surface area contributed by atoms with Crippen LogP contribution >= 0.6 is 11.3 Å². The zero-order valence-corrected chi connectivity index (χ0v) is 18.7. The molecule has 1 amide bonds. The molecule has 1 atom stereocenters. The Hall–Kier alpha value is -3.30. The third-order valence-electron chi connectivity index (χ3n) is 5.50. The number of furan rings is 1. The fraction of sp³-hybridized carbons (Fsp3) is 0.304. The van der Waals surface area contributed by atoms with Gasteiger partial charge in [-0.1, -0.05) is 42.5 Å². The Morgan fingerprint density at radius 3 is 2.91 bits per heavy atom. The minimum atomic E-state index is -0.320. The zero-order valence-electron chi connectivity index (χ0n) is 17.9. The number of anilines is 2. The van der Waals surface area contributed by atoms with Gasteiger partial charge in [0.2, 0.25) is 5.13 Å². The Labute approximate surface area is 189 Å². The van der Waals surface area contributed by atoms with Crippen LogP contribution < -0.4 is 5.32 Å². The summed E-state index contributed by atoms with van der Waals surface area (Å²) in [7, 11) is 0. The minimum absolute atomic E-state index is 0.123. The number of rotatable bonds is 5. The number of pyridine rings is 1. The maximum atomic E-state index is 13.2. The number of nitrogens with one attached hydrogen (secondary N) is 1. The highest BCUT2D eigenvalue weighted by Crippen LogP contribution is 2.29. The molecule has 8 nitrogen and oxygen atoms in total. The molecule has 1 saturated heterocycles. The van der Waals surface area contributed by atoms with Gasteiger partial charge in [-0.25, -0.2) is 4.98 Å². The Morgan fingerprint density at radius 2 is 2.09 bits per heavy atom. The van der Waals surface area contributed by atoms with Crippen molar-refractivity contribution < 1.29 is 13.9 Å². The lowest BCUT2D eigenvalue weighted by atomic mass is 10.1. The van der Waals surface area contributed by atoms with Gasteiger partial charge in [0.05, 0.1) is 18.8 Å². The quantitative estimate of drug-likeness (QED) is 0.479. The fourth-order valence-corrected chi connectivity index (χ4v) is 4.48. The van der Waals surface area contributed by atoms with Crippen molar-refractivity contribution in [3.05, 3.63) is 64.5 Å². The lowest BCUT2D eigenvalue weighted by molar-refractivity contribution is -0.0255. The molecule has 1 unspecified atom stereocenters. The predicted molar refractivity (Wildman–Crippen MR) is 122 cm³/mol. The zero-order chi connectivity index (χ0) is 22.1. The van der Waals surface area contributed by atoms with Crippen molar-refractivity contribution >= 4 is 39.2 Å². The summed E-state index contributed by atoms with van der Waals surface area (Å²) in [6, 6.07) is 13.4. The van der Waals surface area contributed by atoms with E-state index in [-0.39, 0.29) is 12.0 Å². The molecule has 164 valence electrons. The third-order valence-corrected chi connectivity index (χ3v) is 6.48. The van der Waals surface area contributed by atoms with Crippen molar-refractivity contribution in [2.75, 3.05) is 25.0 Å². The number of benzene rings is 1. The number of fused-ring (bicyclic) bond motifs is 1. The second kappa shape index (κ2) is 8.68. The number of nitrogens with zero attached hydrogens (tertiary/aromatic N) is 4. The summed E-state index contributed by atoms with van der Waals surface area (Å²) in [5.41, 5.74) is 2.34. The predicted octanol–water partition coefficient (Wildman–Crippen LogP) is 4.51. The average molecular weight is 450 g/mol. The van der Waals surface area contributed by atoms with Crippen molar-refractivity contribution in [1.82, 2.24) is 20.1 Å². The molecule has 4 aromatic rings. The van der Waals surface area contributed by atoms with Crippen LogP contribution in [0, 0.1) is 6.92 Å². The molecule has 1 aromatic carbocycles. The van der Waals surface area contributed by atoms with Crippen LogP contribution in [0.3, 0.4) is 0 Å². The second-order valence-electron chi connectivity index (χ2n) is 7.59. The summed E-state index contributed by atoms with van der Waals surface area (Å²) < 4.78 is 11.8. The first kappa shape index (κ1) is 20.6. The standard InChI is InChI=1S/C23H23N5O3S/c1-3-20-26-27-23(32-20)25-19-10-6-8-16(24-19)18-13-28(11-12-30-18)22(29)21-14(2)15-7-4-5-9-17(15)31-21/h4-10,18H,3,11-13H2,1-2H3,(H,24,25,27). The van der Waals surface area contributed by atoms with Crippen LogP contribution in [-0.2, 0) is 11.2 Å². The van der Waals surface area contributed by atoms with E-state index in [2.05, 4.69) is 20.5 Å². The van der Waals surface area contributed by atoms with Crippen LogP contribution in [0.5, 0.6) is 0 Å². The van der Waals surface area contributed by atoms with Crippen molar-refractivity contribution in [2.24, 2.45) is 0 Å². The number of para-hydroxylation sites is 1. The number of hydrogen-bond acceptors (Lipinski definition) is 8. The van der Waals surface area contributed by atoms with E-state index in [4.69, 9.17) is 9.15 Å². The molecule has 32 heavy (non-hydrogen) atoms. The van der Waals surface area contributed by atoms with Crippen molar-refractivity contribution in [3.8, 4) is 0 Å². The molecule has 1 N–H and O–H groups in total. The number of carbonyl (C=O) groups excluding carboxylic acids is 1. The lowest BCUT2D eigenvalue weighted by Gasteiger charge is -2.32. The van der Waals surface area contributed by atoms with Gasteiger partial charge >= 0.3 is 0 Å². The van der Waals surface area contributed by atoms with Gasteiger partial charge in [0.1, 0.15) is 22.5 Å². The van der Waals surface area contributed by atoms with Crippen molar-refractivity contribution in [2.45, 2.75) is 26.4 Å². The van der Waals surface area contributed by atoms with Gasteiger partial charge in [0, 0.05) is 17.5 Å². The molecular weight excluding hydrogens is 426 g/mol. The Morgan fingerprint density at radius 1 is 1.22 bits per heavy atom. The SMILES string of the molecule is CCc1nnc(Nc2cccc(C3CN(C(=O)c4oc5ccccc5c4C)CCO3)n2)s1. The molecule has 1 aliphatic rings. The highest BCUT2D eigenvalue weighted by atomic mass is 32.1. The second-order valence-corrected chi connectivity index (χ2v) is 8.65. The normalized spacial score (nSPS) is 16.4. The number of amides is 1. The number of aryl methyl sites for hydroxylation is 2. The molecule has 0 radical (unpaired) electrons. The van der Waals surface area contributed by atoms with Crippen molar-refractivity contribution in [3.63, 3.8) is 0 Å². The van der Waals surface area contributed by atoms with Gasteiger partial charge in [0.15, 0.2) is 5.76 Å². The molecule has 0 saturated carbocycles. The average Bonchev–Trinajstić information content (AvgIpc) is 3.43. The number of hydrogen-bond donors (Lipinski definition) is 1. The van der Waals surface area contributed by atoms with Crippen molar-refractivity contribution in [1.29, 1.82) is 0 Å². The van der Waals surface area contributed by atoms with E-state index < -0.39 is 0 Å². The number of carbonyl (C=O) groups is 1. The van der Waals surface area contributed by atoms with Gasteiger partial charge in [-0.3, -0.25) is 4.79 Å². The summed E-state index contributed by atoms with van der Waals surface area (Å²) in [5.74, 6) is 0.932. The maximum Gasteiger partial charge on any atom is 0.290 e. The molecule has 0 bridgehead atoms. The topological polar surface area (TPSA) is 93.4 Å². The molecular formula is C23H23N5O3S. The van der Waals surface area contributed by atoms with Crippen LogP contribution in [0.4, 0.5) is 10.9 Å². The van der Waals surface area contributed by atoms with Gasteiger partial charge in [0.25, 0.3) is 5.91 Å². The Kier molecular flexibility index (Phi) is 5.59. The highest BCUT2D eigenvalue weighted by Gasteiger charge is 2.30.